The lowest BCUT2D eigenvalue weighted by atomic mass is 10.0. The zero-order valence-corrected chi connectivity index (χ0v) is 9.49. The molecule has 86 valence electrons. The Morgan fingerprint density at radius 2 is 2.27 bits per heavy atom. The van der Waals surface area contributed by atoms with E-state index in [1.807, 2.05) is 13.8 Å². The van der Waals surface area contributed by atoms with Gasteiger partial charge < -0.3 is 14.2 Å². The van der Waals surface area contributed by atoms with Crippen LogP contribution in [-0.2, 0) is 19.0 Å². The van der Waals surface area contributed by atoms with Crippen molar-refractivity contribution in [1.29, 1.82) is 0 Å². The van der Waals surface area contributed by atoms with E-state index < -0.39 is 5.97 Å². The summed E-state index contributed by atoms with van der Waals surface area (Å²) in [5.41, 5.74) is 0. The van der Waals surface area contributed by atoms with Crippen molar-refractivity contribution < 1.29 is 19.0 Å². The van der Waals surface area contributed by atoms with Crippen LogP contribution >= 0.6 is 0 Å². The van der Waals surface area contributed by atoms with Crippen LogP contribution < -0.4 is 0 Å². The molecule has 4 nitrogen and oxygen atoms in total. The molecule has 0 fully saturated rings. The highest BCUT2D eigenvalue weighted by Crippen LogP contribution is 2.23. The van der Waals surface area contributed by atoms with Gasteiger partial charge in [0.25, 0.3) is 0 Å². The van der Waals surface area contributed by atoms with Crippen LogP contribution in [0.1, 0.15) is 27.2 Å². The molecule has 0 amide bonds. The Morgan fingerprint density at radius 3 is 2.87 bits per heavy atom. The van der Waals surface area contributed by atoms with Gasteiger partial charge in [-0.1, -0.05) is 6.92 Å². The fourth-order valence-corrected chi connectivity index (χ4v) is 1.47. The molecule has 4 heteroatoms. The van der Waals surface area contributed by atoms with Gasteiger partial charge in [-0.2, -0.15) is 0 Å². The smallest absolute Gasteiger partial charge is 0.373 e. The van der Waals surface area contributed by atoms with Crippen LogP contribution in [0.4, 0.5) is 0 Å². The minimum atomic E-state index is -0.409. The van der Waals surface area contributed by atoms with Crippen molar-refractivity contribution in [2.24, 2.45) is 5.92 Å². The number of allylic oxidation sites excluding steroid dienone is 1. The fourth-order valence-electron chi connectivity index (χ4n) is 1.47. The molecule has 0 N–H and O–H groups in total. The van der Waals surface area contributed by atoms with Crippen LogP contribution in [0, 0.1) is 5.92 Å². The average molecular weight is 214 g/mol. The molecule has 0 saturated heterocycles. The zero-order chi connectivity index (χ0) is 11.3. The molecule has 0 aromatic heterocycles. The van der Waals surface area contributed by atoms with Crippen LogP contribution in [0.5, 0.6) is 0 Å². The van der Waals surface area contributed by atoms with E-state index in [0.29, 0.717) is 13.2 Å². The molecule has 0 aliphatic carbocycles. The van der Waals surface area contributed by atoms with Gasteiger partial charge in [0.1, 0.15) is 0 Å². The van der Waals surface area contributed by atoms with Crippen LogP contribution in [-0.4, -0.2) is 25.5 Å². The molecule has 1 heterocycles. The van der Waals surface area contributed by atoms with Gasteiger partial charge in [0, 0.05) is 13.0 Å². The Bertz CT molecular complexity index is 247. The van der Waals surface area contributed by atoms with Crippen LogP contribution in [0.15, 0.2) is 11.8 Å². The first-order valence-corrected chi connectivity index (χ1v) is 5.34. The number of esters is 1. The van der Waals surface area contributed by atoms with Gasteiger partial charge in [0.2, 0.25) is 12.0 Å². The first-order chi connectivity index (χ1) is 7.17. The van der Waals surface area contributed by atoms with E-state index >= 15 is 0 Å². The monoisotopic (exact) mass is 214 g/mol. The summed E-state index contributed by atoms with van der Waals surface area (Å²) >= 11 is 0. The Hall–Kier alpha value is -1.03. The number of carbonyl (C=O) groups excluding carboxylic acids is 1. The predicted molar refractivity (Wildman–Crippen MR) is 55.0 cm³/mol. The van der Waals surface area contributed by atoms with E-state index in [2.05, 4.69) is 0 Å². The van der Waals surface area contributed by atoms with Gasteiger partial charge in [-0.3, -0.25) is 0 Å². The Labute approximate surface area is 90.2 Å². The van der Waals surface area contributed by atoms with E-state index in [1.54, 1.807) is 13.0 Å². The summed E-state index contributed by atoms with van der Waals surface area (Å²) in [5, 5.41) is 0. The van der Waals surface area contributed by atoms with Gasteiger partial charge >= 0.3 is 5.97 Å². The Morgan fingerprint density at radius 1 is 1.53 bits per heavy atom. The van der Waals surface area contributed by atoms with Crippen molar-refractivity contribution in [3.8, 4) is 0 Å². The average Bonchev–Trinajstić information content (AvgIpc) is 2.17. The minimum absolute atomic E-state index is 0.272. The third-order valence-corrected chi connectivity index (χ3v) is 2.09. The molecular formula is C11H18O4. The lowest BCUT2D eigenvalue weighted by molar-refractivity contribution is -0.161. The first-order valence-electron chi connectivity index (χ1n) is 5.34. The maximum atomic E-state index is 11.4. The van der Waals surface area contributed by atoms with Gasteiger partial charge in [-0.05, 0) is 25.8 Å². The molecular weight excluding hydrogens is 196 g/mol. The molecule has 0 aromatic carbocycles. The van der Waals surface area contributed by atoms with E-state index in [9.17, 15) is 4.79 Å². The number of hydrogen-bond donors (Lipinski definition) is 0. The highest BCUT2D eigenvalue weighted by atomic mass is 16.7. The van der Waals surface area contributed by atoms with E-state index in [1.165, 1.54) is 0 Å². The molecule has 0 aromatic rings. The summed E-state index contributed by atoms with van der Waals surface area (Å²) in [6.45, 7) is 6.62. The van der Waals surface area contributed by atoms with E-state index in [4.69, 9.17) is 14.2 Å². The normalized spacial score (nSPS) is 25.4. The molecule has 1 aliphatic rings. The third-order valence-electron chi connectivity index (χ3n) is 2.09. The fraction of sp³-hybridized carbons (Fsp3) is 0.727. The Balaban J connectivity index is 2.60. The number of rotatable bonds is 4. The van der Waals surface area contributed by atoms with Crippen molar-refractivity contribution in [1.82, 2.24) is 0 Å². The van der Waals surface area contributed by atoms with Crippen LogP contribution in [0.2, 0.25) is 0 Å². The summed E-state index contributed by atoms with van der Waals surface area (Å²) in [7, 11) is 0. The summed E-state index contributed by atoms with van der Waals surface area (Å²) in [6.07, 6.45) is 2.24. The molecule has 1 rings (SSSR count). The molecule has 0 unspecified atom stereocenters. The number of ether oxygens (including phenoxy) is 3. The van der Waals surface area contributed by atoms with Gasteiger partial charge in [0.05, 0.1) is 6.61 Å². The zero-order valence-electron chi connectivity index (χ0n) is 9.49. The quantitative estimate of drug-likeness (QED) is 0.670. The van der Waals surface area contributed by atoms with Gasteiger partial charge in [-0.25, -0.2) is 4.79 Å². The standard InChI is InChI=1S/C11H18O4/c1-4-13-10-7-8(3)6-9(15-10)11(12)14-5-2/h6,8,10H,4-5,7H2,1-3H3/t8-,10+/m0/s1. The molecule has 2 atom stereocenters. The molecule has 0 bridgehead atoms. The van der Waals surface area contributed by atoms with Crippen molar-refractivity contribution in [3.05, 3.63) is 11.8 Å². The third kappa shape index (κ3) is 3.55. The second kappa shape index (κ2) is 5.75. The van der Waals surface area contributed by atoms with Crippen molar-refractivity contribution in [3.63, 3.8) is 0 Å². The highest BCUT2D eigenvalue weighted by Gasteiger charge is 2.25. The summed E-state index contributed by atoms with van der Waals surface area (Å²) in [4.78, 5) is 11.4. The Kier molecular flexibility index (Phi) is 4.62. The minimum Gasteiger partial charge on any atom is -0.460 e. The molecule has 15 heavy (non-hydrogen) atoms. The predicted octanol–water partition coefficient (Wildman–Crippen LogP) is 1.85. The topological polar surface area (TPSA) is 44.8 Å². The van der Waals surface area contributed by atoms with Gasteiger partial charge in [0.15, 0.2) is 0 Å². The molecule has 0 saturated carbocycles. The lowest BCUT2D eigenvalue weighted by Crippen LogP contribution is -2.27. The lowest BCUT2D eigenvalue weighted by Gasteiger charge is -2.26. The number of carbonyl (C=O) groups is 1. The second-order valence-corrected chi connectivity index (χ2v) is 3.47. The van der Waals surface area contributed by atoms with E-state index in [0.717, 1.165) is 6.42 Å². The molecule has 1 aliphatic heterocycles. The second-order valence-electron chi connectivity index (χ2n) is 3.47. The van der Waals surface area contributed by atoms with Crippen molar-refractivity contribution >= 4 is 5.97 Å². The maximum Gasteiger partial charge on any atom is 0.373 e. The first kappa shape index (κ1) is 12.0. The summed E-state index contributed by atoms with van der Waals surface area (Å²) in [5.74, 6) is 0.137. The van der Waals surface area contributed by atoms with Crippen molar-refractivity contribution in [2.75, 3.05) is 13.2 Å². The highest BCUT2D eigenvalue weighted by molar-refractivity contribution is 5.86. The summed E-state index contributed by atoms with van der Waals surface area (Å²) in [6, 6.07) is 0. The summed E-state index contributed by atoms with van der Waals surface area (Å²) < 4.78 is 15.6. The van der Waals surface area contributed by atoms with Crippen molar-refractivity contribution in [2.45, 2.75) is 33.5 Å². The van der Waals surface area contributed by atoms with Crippen LogP contribution in [0.3, 0.4) is 0 Å². The maximum absolute atomic E-state index is 11.4. The molecule has 0 spiro atoms. The van der Waals surface area contributed by atoms with Crippen LogP contribution in [0.25, 0.3) is 0 Å². The van der Waals surface area contributed by atoms with Gasteiger partial charge in [-0.15, -0.1) is 0 Å². The van der Waals surface area contributed by atoms with E-state index in [-0.39, 0.29) is 18.0 Å². The number of hydrogen-bond acceptors (Lipinski definition) is 4. The largest absolute Gasteiger partial charge is 0.460 e. The molecule has 0 radical (unpaired) electrons. The SMILES string of the molecule is CCOC(=O)C1=C[C@H](C)C[C@H](OCC)O1.